The first-order valence-electron chi connectivity index (χ1n) is 9.25. The quantitative estimate of drug-likeness (QED) is 0.426. The van der Waals surface area contributed by atoms with Crippen molar-refractivity contribution in [2.24, 2.45) is 4.99 Å². The maximum atomic E-state index is 14.1. The zero-order chi connectivity index (χ0) is 21.4. The minimum atomic E-state index is -0.442. The molecule has 0 aromatic heterocycles. The first kappa shape index (κ1) is 20.5. The number of hydrogen-bond acceptors (Lipinski definition) is 2. The fraction of sp³-hybridized carbons (Fsp3) is 0.130. The molecule has 1 amide bonds. The lowest BCUT2D eigenvalue weighted by Crippen LogP contribution is -2.44. The summed E-state index contributed by atoms with van der Waals surface area (Å²) in [5.74, 6) is -1.16. The standard InChI is InChI=1S/C23H16Cl2F2N2O/c1-13-10-20(28-21-11-15(24)4-8-19(21)25)18-12-17(27)7-9-22(18)29(13)23(30)14-2-5-16(26)6-3-14/h2-9,11-13H,10H2,1H3. The van der Waals surface area contributed by atoms with Gasteiger partial charge in [0.15, 0.2) is 0 Å². The lowest BCUT2D eigenvalue weighted by Gasteiger charge is -2.36. The SMILES string of the molecule is CC1CC(=Nc2cc(Cl)ccc2Cl)c2cc(F)ccc2N1C(=O)c1ccc(F)cc1. The van der Waals surface area contributed by atoms with E-state index in [1.165, 1.54) is 36.4 Å². The topological polar surface area (TPSA) is 32.7 Å². The molecule has 0 saturated carbocycles. The Balaban J connectivity index is 1.82. The van der Waals surface area contributed by atoms with E-state index in [1.54, 1.807) is 29.2 Å². The van der Waals surface area contributed by atoms with Gasteiger partial charge in [-0.15, -0.1) is 0 Å². The van der Waals surface area contributed by atoms with Crippen LogP contribution in [-0.4, -0.2) is 17.7 Å². The van der Waals surface area contributed by atoms with Crippen molar-refractivity contribution in [3.8, 4) is 0 Å². The van der Waals surface area contributed by atoms with Gasteiger partial charge in [-0.05, 0) is 67.6 Å². The van der Waals surface area contributed by atoms with E-state index < -0.39 is 11.6 Å². The van der Waals surface area contributed by atoms with Crippen LogP contribution in [0.15, 0.2) is 65.7 Å². The third-order valence-electron chi connectivity index (χ3n) is 4.93. The molecule has 30 heavy (non-hydrogen) atoms. The predicted molar refractivity (Wildman–Crippen MR) is 116 cm³/mol. The van der Waals surface area contributed by atoms with Crippen molar-refractivity contribution in [1.29, 1.82) is 0 Å². The average Bonchev–Trinajstić information content (AvgIpc) is 2.71. The summed E-state index contributed by atoms with van der Waals surface area (Å²) in [5, 5.41) is 0.900. The molecule has 3 aromatic carbocycles. The Morgan fingerprint density at radius 2 is 1.70 bits per heavy atom. The highest BCUT2D eigenvalue weighted by Crippen LogP contribution is 2.36. The van der Waals surface area contributed by atoms with E-state index in [0.29, 0.717) is 44.7 Å². The number of rotatable bonds is 2. The molecule has 1 heterocycles. The molecule has 0 bridgehead atoms. The molecular formula is C23H16Cl2F2N2O. The fourth-order valence-corrected chi connectivity index (χ4v) is 3.86. The molecule has 1 aliphatic heterocycles. The number of benzene rings is 3. The van der Waals surface area contributed by atoms with Gasteiger partial charge in [-0.1, -0.05) is 23.2 Å². The van der Waals surface area contributed by atoms with Gasteiger partial charge < -0.3 is 4.90 Å². The molecule has 1 aliphatic rings. The lowest BCUT2D eigenvalue weighted by atomic mass is 9.93. The van der Waals surface area contributed by atoms with Gasteiger partial charge in [-0.2, -0.15) is 0 Å². The highest BCUT2D eigenvalue weighted by Gasteiger charge is 2.32. The number of carbonyl (C=O) groups is 1. The first-order valence-corrected chi connectivity index (χ1v) is 10.0. The van der Waals surface area contributed by atoms with Crippen molar-refractivity contribution in [3.63, 3.8) is 0 Å². The van der Waals surface area contributed by atoms with Crippen molar-refractivity contribution < 1.29 is 13.6 Å². The molecule has 4 rings (SSSR count). The van der Waals surface area contributed by atoms with Crippen LogP contribution in [0.5, 0.6) is 0 Å². The van der Waals surface area contributed by atoms with Crippen LogP contribution in [0.4, 0.5) is 20.2 Å². The van der Waals surface area contributed by atoms with Gasteiger partial charge >= 0.3 is 0 Å². The molecule has 0 aliphatic carbocycles. The highest BCUT2D eigenvalue weighted by molar-refractivity contribution is 6.35. The van der Waals surface area contributed by atoms with Gasteiger partial charge in [0.25, 0.3) is 5.91 Å². The third kappa shape index (κ3) is 3.95. The summed E-state index contributed by atoms with van der Waals surface area (Å²) in [6.45, 7) is 1.88. The predicted octanol–water partition coefficient (Wildman–Crippen LogP) is 6.83. The van der Waals surface area contributed by atoms with E-state index in [0.717, 1.165) is 0 Å². The maximum absolute atomic E-state index is 14.1. The molecule has 1 atom stereocenters. The van der Waals surface area contributed by atoms with Crippen LogP contribution >= 0.6 is 23.2 Å². The van der Waals surface area contributed by atoms with Crippen molar-refractivity contribution in [1.82, 2.24) is 0 Å². The van der Waals surface area contributed by atoms with E-state index in [9.17, 15) is 13.6 Å². The van der Waals surface area contributed by atoms with E-state index in [1.807, 2.05) is 6.92 Å². The number of anilines is 1. The molecule has 0 fully saturated rings. The Morgan fingerprint density at radius 3 is 2.43 bits per heavy atom. The molecule has 7 heteroatoms. The molecule has 0 radical (unpaired) electrons. The Bertz CT molecular complexity index is 1160. The summed E-state index contributed by atoms with van der Waals surface area (Å²) in [7, 11) is 0. The molecule has 1 unspecified atom stereocenters. The summed E-state index contributed by atoms with van der Waals surface area (Å²) < 4.78 is 27.4. The maximum Gasteiger partial charge on any atom is 0.258 e. The minimum Gasteiger partial charge on any atom is -0.305 e. The van der Waals surface area contributed by atoms with E-state index in [4.69, 9.17) is 23.2 Å². The summed E-state index contributed by atoms with van der Waals surface area (Å²) in [5.41, 5.74) is 2.45. The van der Waals surface area contributed by atoms with Gasteiger partial charge in [-0.3, -0.25) is 9.79 Å². The number of amides is 1. The lowest BCUT2D eigenvalue weighted by molar-refractivity contribution is 0.0978. The molecule has 3 nitrogen and oxygen atoms in total. The second kappa shape index (κ2) is 8.17. The number of fused-ring (bicyclic) bond motifs is 1. The first-order chi connectivity index (χ1) is 14.3. The zero-order valence-corrected chi connectivity index (χ0v) is 17.4. The molecular weight excluding hydrogens is 429 g/mol. The second-order valence-electron chi connectivity index (χ2n) is 7.05. The second-order valence-corrected chi connectivity index (χ2v) is 7.89. The van der Waals surface area contributed by atoms with Crippen LogP contribution in [0.1, 0.15) is 29.3 Å². The van der Waals surface area contributed by atoms with Crippen LogP contribution in [0, 0.1) is 11.6 Å². The van der Waals surface area contributed by atoms with Crippen LogP contribution in [0.2, 0.25) is 10.0 Å². The summed E-state index contributed by atoms with van der Waals surface area (Å²) in [6, 6.07) is 14.2. The molecule has 3 aromatic rings. The van der Waals surface area contributed by atoms with Crippen molar-refractivity contribution in [3.05, 3.63) is 93.5 Å². The smallest absolute Gasteiger partial charge is 0.258 e. The van der Waals surface area contributed by atoms with Crippen LogP contribution < -0.4 is 4.90 Å². The Labute approximate surface area is 182 Å². The number of hydrogen-bond donors (Lipinski definition) is 0. The van der Waals surface area contributed by atoms with Crippen molar-refractivity contribution in [2.45, 2.75) is 19.4 Å². The van der Waals surface area contributed by atoms with Crippen LogP contribution in [-0.2, 0) is 0 Å². The molecule has 152 valence electrons. The Kier molecular flexibility index (Phi) is 5.58. The zero-order valence-electron chi connectivity index (χ0n) is 15.9. The van der Waals surface area contributed by atoms with Crippen molar-refractivity contribution in [2.75, 3.05) is 4.90 Å². The highest BCUT2D eigenvalue weighted by atomic mass is 35.5. The monoisotopic (exact) mass is 444 g/mol. The number of aliphatic imine (C=N–C) groups is 1. The third-order valence-corrected chi connectivity index (χ3v) is 5.49. The van der Waals surface area contributed by atoms with Gasteiger partial charge in [0.05, 0.1) is 22.1 Å². The van der Waals surface area contributed by atoms with Crippen LogP contribution in [0.25, 0.3) is 0 Å². The summed E-state index contributed by atoms with van der Waals surface area (Å²) >= 11 is 12.3. The normalized spacial score (nSPS) is 17.2. The fourth-order valence-electron chi connectivity index (χ4n) is 3.53. The molecule has 0 saturated heterocycles. The minimum absolute atomic E-state index is 0.266. The number of halogens is 4. The largest absolute Gasteiger partial charge is 0.305 e. The van der Waals surface area contributed by atoms with E-state index in [2.05, 4.69) is 4.99 Å². The number of nitrogens with zero attached hydrogens (tertiary/aromatic N) is 2. The van der Waals surface area contributed by atoms with E-state index in [-0.39, 0.29) is 11.9 Å². The summed E-state index contributed by atoms with van der Waals surface area (Å²) in [6.07, 6.45) is 0.381. The van der Waals surface area contributed by atoms with Crippen molar-refractivity contribution >= 4 is 46.2 Å². The molecule has 0 N–H and O–H groups in total. The number of carbonyl (C=O) groups excluding carboxylic acids is 1. The van der Waals surface area contributed by atoms with Crippen LogP contribution in [0.3, 0.4) is 0 Å². The van der Waals surface area contributed by atoms with Gasteiger partial charge in [0, 0.05) is 28.6 Å². The summed E-state index contributed by atoms with van der Waals surface area (Å²) in [4.78, 5) is 19.4. The Morgan fingerprint density at radius 1 is 1.00 bits per heavy atom. The average molecular weight is 445 g/mol. The Hall–Kier alpha value is -2.76. The van der Waals surface area contributed by atoms with Gasteiger partial charge in [0.2, 0.25) is 0 Å². The van der Waals surface area contributed by atoms with Gasteiger partial charge in [-0.25, -0.2) is 8.78 Å². The van der Waals surface area contributed by atoms with E-state index >= 15 is 0 Å². The molecule has 0 spiro atoms. The van der Waals surface area contributed by atoms with Gasteiger partial charge in [0.1, 0.15) is 11.6 Å².